The number of aromatic nitrogens is 2. The van der Waals surface area contributed by atoms with Crippen LogP contribution < -0.4 is 5.56 Å². The Morgan fingerprint density at radius 2 is 2.60 bits per heavy atom. The molecule has 1 aromatic rings. The predicted octanol–water partition coefficient (Wildman–Crippen LogP) is 0.317. The number of nitrogens with zero attached hydrogens (tertiary/aromatic N) is 5. The molecule has 0 radical (unpaired) electrons. The van der Waals surface area contributed by atoms with Gasteiger partial charge in [-0.15, -0.1) is 10.2 Å². The quantitative estimate of drug-likeness (QED) is 0.317. The number of hydrogen-bond acceptors (Lipinski definition) is 3. The van der Waals surface area contributed by atoms with Crippen molar-refractivity contribution in [2.45, 2.75) is 0 Å². The van der Waals surface area contributed by atoms with Gasteiger partial charge in [-0.1, -0.05) is 0 Å². The van der Waals surface area contributed by atoms with E-state index in [0.717, 1.165) is 10.9 Å². The monoisotopic (exact) mass is 137 g/mol. The molecule has 6 nitrogen and oxygen atoms in total. The Morgan fingerprint density at radius 3 is 3.20 bits per heavy atom. The van der Waals surface area contributed by atoms with Gasteiger partial charge in [0.1, 0.15) is 12.4 Å². The van der Waals surface area contributed by atoms with Crippen molar-refractivity contribution in [2.24, 2.45) is 5.22 Å². The second kappa shape index (κ2) is 2.65. The zero-order valence-corrected chi connectivity index (χ0v) is 4.88. The van der Waals surface area contributed by atoms with Crippen LogP contribution in [-0.4, -0.2) is 9.66 Å². The summed E-state index contributed by atoms with van der Waals surface area (Å²) in [5, 5.41) is 3.05. The van der Waals surface area contributed by atoms with Crippen LogP contribution in [-0.2, 0) is 0 Å². The maximum Gasteiger partial charge on any atom is 0.360 e. The number of rotatable bonds is 1. The smallest absolute Gasteiger partial charge is 0.253 e. The van der Waals surface area contributed by atoms with Crippen LogP contribution in [0.2, 0.25) is 0 Å². The van der Waals surface area contributed by atoms with Gasteiger partial charge < -0.3 is 0 Å². The van der Waals surface area contributed by atoms with Gasteiger partial charge in [0.05, 0.1) is 6.20 Å². The van der Waals surface area contributed by atoms with E-state index < -0.39 is 5.56 Å². The average molecular weight is 137 g/mol. The Morgan fingerprint density at radius 1 is 1.80 bits per heavy atom. The van der Waals surface area contributed by atoms with Crippen LogP contribution in [0.4, 0.5) is 0 Å². The molecule has 0 N–H and O–H groups in total. The number of hydrogen-bond donors (Lipinski definition) is 0. The molecule has 1 rings (SSSR count). The van der Waals surface area contributed by atoms with Crippen molar-refractivity contribution in [3.8, 4) is 0 Å². The molecular formula is C4H3N5O. The first-order valence-corrected chi connectivity index (χ1v) is 2.42. The van der Waals surface area contributed by atoms with E-state index in [2.05, 4.69) is 15.1 Å². The standard InChI is InChI=1S/C4H3N5O/c5-7-8-9-2-1-6-3-4(9)10/h1-3H. The van der Waals surface area contributed by atoms with E-state index in [-0.39, 0.29) is 0 Å². The molecule has 0 aliphatic heterocycles. The minimum Gasteiger partial charge on any atom is -0.253 e. The van der Waals surface area contributed by atoms with Crippen molar-refractivity contribution in [3.63, 3.8) is 0 Å². The van der Waals surface area contributed by atoms with Crippen molar-refractivity contribution >= 4 is 0 Å². The molecule has 1 heterocycles. The highest BCUT2D eigenvalue weighted by molar-refractivity contribution is 4.78. The molecule has 1 aromatic heterocycles. The van der Waals surface area contributed by atoms with E-state index in [1.165, 1.54) is 12.4 Å². The first kappa shape index (κ1) is 6.31. The van der Waals surface area contributed by atoms with Crippen molar-refractivity contribution in [2.75, 3.05) is 0 Å². The maximum atomic E-state index is 10.6. The SMILES string of the molecule is [N-]=[N+]=Nn1ccncc1=O. The summed E-state index contributed by atoms with van der Waals surface area (Å²) < 4.78 is 0.854. The second-order valence-electron chi connectivity index (χ2n) is 1.44. The first-order chi connectivity index (χ1) is 4.84. The third kappa shape index (κ3) is 1.12. The van der Waals surface area contributed by atoms with Crippen molar-refractivity contribution in [3.05, 3.63) is 39.4 Å². The van der Waals surface area contributed by atoms with Crippen LogP contribution in [0.5, 0.6) is 0 Å². The molecule has 10 heavy (non-hydrogen) atoms. The zero-order chi connectivity index (χ0) is 7.40. The molecule has 0 aliphatic carbocycles. The lowest BCUT2D eigenvalue weighted by molar-refractivity contribution is 0.798. The lowest BCUT2D eigenvalue weighted by Gasteiger charge is -1.84. The molecule has 0 aliphatic rings. The molecule has 0 atom stereocenters. The first-order valence-electron chi connectivity index (χ1n) is 2.42. The van der Waals surface area contributed by atoms with Gasteiger partial charge in [-0.25, -0.2) is 4.79 Å². The molecule has 0 aromatic carbocycles. The molecule has 0 saturated carbocycles. The van der Waals surface area contributed by atoms with Crippen LogP contribution >= 0.6 is 0 Å². The highest BCUT2D eigenvalue weighted by Crippen LogP contribution is 1.75. The Labute approximate surface area is 55.3 Å². The van der Waals surface area contributed by atoms with E-state index >= 15 is 0 Å². The normalized spacial score (nSPS) is 8.40. The van der Waals surface area contributed by atoms with Gasteiger partial charge >= 0.3 is 5.56 Å². The maximum absolute atomic E-state index is 10.6. The Kier molecular flexibility index (Phi) is 1.67. The molecule has 0 amide bonds. The number of azide groups is 1. The van der Waals surface area contributed by atoms with E-state index in [9.17, 15) is 4.79 Å². The third-order valence-electron chi connectivity index (χ3n) is 0.841. The molecule has 0 bridgehead atoms. The summed E-state index contributed by atoms with van der Waals surface area (Å²) in [5.41, 5.74) is 7.48. The minimum atomic E-state index is -0.444. The van der Waals surface area contributed by atoms with E-state index in [0.29, 0.717) is 0 Å². The van der Waals surface area contributed by atoms with E-state index in [1.807, 2.05) is 0 Å². The third-order valence-corrected chi connectivity index (χ3v) is 0.841. The topological polar surface area (TPSA) is 83.7 Å². The summed E-state index contributed by atoms with van der Waals surface area (Å²) in [5.74, 6) is 0. The molecule has 0 saturated heterocycles. The van der Waals surface area contributed by atoms with Crippen LogP contribution in [0.25, 0.3) is 10.4 Å². The molecule has 0 spiro atoms. The Balaban J connectivity index is 3.28. The summed E-state index contributed by atoms with van der Waals surface area (Å²) >= 11 is 0. The molecule has 0 unspecified atom stereocenters. The van der Waals surface area contributed by atoms with Gasteiger partial charge in [0.15, 0.2) is 0 Å². The second-order valence-corrected chi connectivity index (χ2v) is 1.44. The molecule has 6 heteroatoms. The van der Waals surface area contributed by atoms with Crippen LogP contribution in [0.1, 0.15) is 0 Å². The lowest BCUT2D eigenvalue weighted by Crippen LogP contribution is -2.13. The van der Waals surface area contributed by atoms with Crippen LogP contribution in [0.3, 0.4) is 0 Å². The van der Waals surface area contributed by atoms with Crippen molar-refractivity contribution < 1.29 is 0 Å². The van der Waals surface area contributed by atoms with Gasteiger partial charge in [0, 0.05) is 0 Å². The largest absolute Gasteiger partial charge is 0.360 e. The summed E-state index contributed by atoms with van der Waals surface area (Å²) in [4.78, 5) is 16.6. The predicted molar refractivity (Wildman–Crippen MR) is 33.0 cm³/mol. The van der Waals surface area contributed by atoms with E-state index in [4.69, 9.17) is 5.53 Å². The fourth-order valence-electron chi connectivity index (χ4n) is 0.458. The Bertz CT molecular complexity index is 322. The van der Waals surface area contributed by atoms with Gasteiger partial charge in [0.25, 0.3) is 0 Å². The van der Waals surface area contributed by atoms with Crippen molar-refractivity contribution in [1.29, 1.82) is 0 Å². The van der Waals surface area contributed by atoms with Crippen LogP contribution in [0.15, 0.2) is 28.6 Å². The summed E-state index contributed by atoms with van der Waals surface area (Å²) in [6.07, 6.45) is 3.70. The van der Waals surface area contributed by atoms with Gasteiger partial charge in [-0.2, -0.15) is 4.91 Å². The van der Waals surface area contributed by atoms with Crippen molar-refractivity contribution in [1.82, 2.24) is 9.66 Å². The lowest BCUT2D eigenvalue weighted by atomic mass is 10.7. The van der Waals surface area contributed by atoms with Gasteiger partial charge in [-0.05, 0) is 5.22 Å². The summed E-state index contributed by atoms with van der Waals surface area (Å²) in [7, 11) is 0. The summed E-state index contributed by atoms with van der Waals surface area (Å²) in [6.45, 7) is 0. The summed E-state index contributed by atoms with van der Waals surface area (Å²) in [6, 6.07) is 0. The van der Waals surface area contributed by atoms with Crippen LogP contribution in [0, 0.1) is 0 Å². The molecule has 50 valence electrons. The van der Waals surface area contributed by atoms with Gasteiger partial charge in [0.2, 0.25) is 0 Å². The fraction of sp³-hybridized carbons (Fsp3) is 0. The molecular weight excluding hydrogens is 134 g/mol. The zero-order valence-electron chi connectivity index (χ0n) is 4.88. The minimum absolute atomic E-state index is 0.444. The van der Waals surface area contributed by atoms with Gasteiger partial charge in [-0.3, -0.25) is 4.98 Å². The van der Waals surface area contributed by atoms with E-state index in [1.54, 1.807) is 0 Å². The molecule has 0 fully saturated rings. The fourth-order valence-corrected chi connectivity index (χ4v) is 0.458. The average Bonchev–Trinajstić information content (AvgIpc) is 1.94. The highest BCUT2D eigenvalue weighted by atomic mass is 16.1. The Hall–Kier alpha value is -1.81. The highest BCUT2D eigenvalue weighted by Gasteiger charge is 1.90.